The van der Waals surface area contributed by atoms with Crippen LogP contribution < -0.4 is 5.32 Å². The van der Waals surface area contributed by atoms with E-state index < -0.39 is 0 Å². The highest BCUT2D eigenvalue weighted by atomic mass is 15.3. The first-order valence-corrected chi connectivity index (χ1v) is 7.22. The van der Waals surface area contributed by atoms with Gasteiger partial charge in [0.1, 0.15) is 0 Å². The zero-order valence-corrected chi connectivity index (χ0v) is 11.7. The van der Waals surface area contributed by atoms with Crippen molar-refractivity contribution >= 4 is 0 Å². The van der Waals surface area contributed by atoms with Crippen LogP contribution >= 0.6 is 0 Å². The van der Waals surface area contributed by atoms with Gasteiger partial charge in [-0.3, -0.25) is 0 Å². The van der Waals surface area contributed by atoms with Gasteiger partial charge in [0.05, 0.1) is 11.4 Å². The van der Waals surface area contributed by atoms with Crippen LogP contribution in [0.2, 0.25) is 0 Å². The number of aromatic nitrogens is 2. The highest BCUT2D eigenvalue weighted by molar-refractivity contribution is 5.48. The standard InChI is InChI=1S/C16H21N3/c1-3-12-6-5-7-13(4-2)16(12)19-11-14-10-17-9-8-15(14)18-19/h5-7,11,17H,3-4,8-10H2,1-2H3. The van der Waals surface area contributed by atoms with E-state index in [0.717, 1.165) is 32.4 Å². The molecule has 1 aromatic carbocycles. The Labute approximate surface area is 114 Å². The number of nitrogens with zero attached hydrogens (tertiary/aromatic N) is 2. The van der Waals surface area contributed by atoms with E-state index in [2.05, 4.69) is 48.2 Å². The molecule has 0 fully saturated rings. The number of aryl methyl sites for hydroxylation is 2. The van der Waals surface area contributed by atoms with Crippen LogP contribution in [0, 0.1) is 0 Å². The molecule has 0 amide bonds. The Morgan fingerprint density at radius 3 is 2.58 bits per heavy atom. The molecule has 3 rings (SSSR count). The highest BCUT2D eigenvalue weighted by Gasteiger charge is 2.16. The van der Waals surface area contributed by atoms with Crippen LogP contribution in [0.25, 0.3) is 5.69 Å². The third-order valence-corrected chi connectivity index (χ3v) is 3.93. The number of rotatable bonds is 3. The monoisotopic (exact) mass is 255 g/mol. The molecule has 0 radical (unpaired) electrons. The highest BCUT2D eigenvalue weighted by Crippen LogP contribution is 2.23. The predicted molar refractivity (Wildman–Crippen MR) is 77.7 cm³/mol. The first kappa shape index (κ1) is 12.4. The lowest BCUT2D eigenvalue weighted by Crippen LogP contribution is -2.22. The van der Waals surface area contributed by atoms with Crippen LogP contribution in [0.5, 0.6) is 0 Å². The lowest BCUT2D eigenvalue weighted by atomic mass is 10.0. The Kier molecular flexibility index (Phi) is 3.38. The first-order chi connectivity index (χ1) is 9.33. The Bertz CT molecular complexity index is 538. The van der Waals surface area contributed by atoms with Gasteiger partial charge in [0.25, 0.3) is 0 Å². The quantitative estimate of drug-likeness (QED) is 0.913. The fraction of sp³-hybridized carbons (Fsp3) is 0.438. The minimum absolute atomic E-state index is 0.949. The lowest BCUT2D eigenvalue weighted by molar-refractivity contribution is 0.635. The average Bonchev–Trinajstić information content (AvgIpc) is 2.89. The molecule has 2 heterocycles. The second kappa shape index (κ2) is 5.17. The maximum Gasteiger partial charge on any atom is 0.0709 e. The van der Waals surface area contributed by atoms with Crippen molar-refractivity contribution < 1.29 is 0 Å². The number of hydrogen-bond acceptors (Lipinski definition) is 2. The summed E-state index contributed by atoms with van der Waals surface area (Å²) in [6.45, 7) is 6.41. The average molecular weight is 255 g/mol. The van der Waals surface area contributed by atoms with Crippen LogP contribution in [-0.4, -0.2) is 16.3 Å². The van der Waals surface area contributed by atoms with Crippen molar-refractivity contribution in [2.75, 3.05) is 6.54 Å². The zero-order chi connectivity index (χ0) is 13.2. The molecule has 19 heavy (non-hydrogen) atoms. The molecule has 0 atom stereocenters. The minimum atomic E-state index is 0.949. The normalized spacial score (nSPS) is 14.4. The minimum Gasteiger partial charge on any atom is -0.312 e. The van der Waals surface area contributed by atoms with Gasteiger partial charge in [-0.2, -0.15) is 5.10 Å². The molecule has 1 N–H and O–H groups in total. The smallest absolute Gasteiger partial charge is 0.0709 e. The van der Waals surface area contributed by atoms with Crippen LogP contribution in [0.1, 0.15) is 36.2 Å². The van der Waals surface area contributed by atoms with Crippen molar-refractivity contribution in [3.05, 3.63) is 46.8 Å². The van der Waals surface area contributed by atoms with E-state index in [4.69, 9.17) is 5.10 Å². The van der Waals surface area contributed by atoms with Crippen molar-refractivity contribution in [2.45, 2.75) is 39.7 Å². The van der Waals surface area contributed by atoms with Crippen molar-refractivity contribution in [2.24, 2.45) is 0 Å². The molecule has 0 saturated heterocycles. The van der Waals surface area contributed by atoms with Gasteiger partial charge in [0.2, 0.25) is 0 Å². The zero-order valence-electron chi connectivity index (χ0n) is 11.7. The second-order valence-corrected chi connectivity index (χ2v) is 5.10. The maximum atomic E-state index is 4.81. The van der Waals surface area contributed by atoms with E-state index >= 15 is 0 Å². The first-order valence-electron chi connectivity index (χ1n) is 7.22. The molecule has 100 valence electrons. The summed E-state index contributed by atoms with van der Waals surface area (Å²) < 4.78 is 2.11. The summed E-state index contributed by atoms with van der Waals surface area (Å²) in [6.07, 6.45) is 5.34. The van der Waals surface area contributed by atoms with Gasteiger partial charge < -0.3 is 5.32 Å². The van der Waals surface area contributed by atoms with Crippen molar-refractivity contribution in [1.82, 2.24) is 15.1 Å². The van der Waals surface area contributed by atoms with Crippen LogP contribution in [0.3, 0.4) is 0 Å². The van der Waals surface area contributed by atoms with E-state index in [1.54, 1.807) is 0 Å². The molecule has 0 saturated carbocycles. The lowest BCUT2D eigenvalue weighted by Gasteiger charge is -2.12. The molecule has 1 aliphatic heterocycles. The molecule has 0 unspecified atom stereocenters. The summed E-state index contributed by atoms with van der Waals surface area (Å²) in [4.78, 5) is 0. The van der Waals surface area contributed by atoms with E-state index in [-0.39, 0.29) is 0 Å². The molecule has 3 heteroatoms. The Morgan fingerprint density at radius 1 is 1.21 bits per heavy atom. The number of benzene rings is 1. The molecule has 0 aliphatic carbocycles. The topological polar surface area (TPSA) is 29.9 Å². The Balaban J connectivity index is 2.12. The van der Waals surface area contributed by atoms with Crippen molar-refractivity contribution in [3.8, 4) is 5.69 Å². The van der Waals surface area contributed by atoms with Gasteiger partial charge in [0.15, 0.2) is 0 Å². The number of hydrogen-bond donors (Lipinski definition) is 1. The van der Waals surface area contributed by atoms with Crippen LogP contribution in [-0.2, 0) is 25.8 Å². The van der Waals surface area contributed by atoms with Gasteiger partial charge in [-0.1, -0.05) is 32.0 Å². The summed E-state index contributed by atoms with van der Waals surface area (Å²) in [5.74, 6) is 0. The number of fused-ring (bicyclic) bond motifs is 1. The Morgan fingerprint density at radius 2 is 1.95 bits per heavy atom. The summed E-state index contributed by atoms with van der Waals surface area (Å²) >= 11 is 0. The summed E-state index contributed by atoms with van der Waals surface area (Å²) in [6, 6.07) is 6.59. The van der Waals surface area contributed by atoms with E-state index in [1.807, 2.05) is 0 Å². The molecule has 0 bridgehead atoms. The third kappa shape index (κ3) is 2.19. The predicted octanol–water partition coefficient (Wildman–Crippen LogP) is 2.64. The third-order valence-electron chi connectivity index (χ3n) is 3.93. The van der Waals surface area contributed by atoms with Crippen LogP contribution in [0.4, 0.5) is 0 Å². The van der Waals surface area contributed by atoms with Crippen LogP contribution in [0.15, 0.2) is 24.4 Å². The fourth-order valence-electron chi connectivity index (χ4n) is 2.86. The molecule has 2 aromatic rings. The fourth-order valence-corrected chi connectivity index (χ4v) is 2.86. The van der Waals surface area contributed by atoms with Gasteiger partial charge in [-0.15, -0.1) is 0 Å². The van der Waals surface area contributed by atoms with Crippen molar-refractivity contribution in [1.29, 1.82) is 0 Å². The van der Waals surface area contributed by atoms with E-state index in [9.17, 15) is 0 Å². The summed E-state index contributed by atoms with van der Waals surface area (Å²) in [7, 11) is 0. The van der Waals surface area contributed by atoms with Crippen molar-refractivity contribution in [3.63, 3.8) is 0 Å². The molecule has 1 aliphatic rings. The second-order valence-electron chi connectivity index (χ2n) is 5.10. The van der Waals surface area contributed by atoms with Gasteiger partial charge in [-0.05, 0) is 24.0 Å². The van der Waals surface area contributed by atoms with E-state index in [1.165, 1.54) is 28.1 Å². The largest absolute Gasteiger partial charge is 0.312 e. The maximum absolute atomic E-state index is 4.81. The molecular weight excluding hydrogens is 234 g/mol. The van der Waals surface area contributed by atoms with Gasteiger partial charge >= 0.3 is 0 Å². The molecular formula is C16H21N3. The Hall–Kier alpha value is -1.61. The van der Waals surface area contributed by atoms with Gasteiger partial charge in [-0.25, -0.2) is 4.68 Å². The molecule has 3 nitrogen and oxygen atoms in total. The van der Waals surface area contributed by atoms with Gasteiger partial charge in [0, 0.05) is 31.3 Å². The van der Waals surface area contributed by atoms with E-state index in [0.29, 0.717) is 0 Å². The SMILES string of the molecule is CCc1cccc(CC)c1-n1cc2c(n1)CCNC2. The number of nitrogens with one attached hydrogen (secondary N) is 1. The molecule has 0 spiro atoms. The molecule has 1 aromatic heterocycles. The summed E-state index contributed by atoms with van der Waals surface area (Å²) in [5.41, 5.74) is 6.66. The summed E-state index contributed by atoms with van der Waals surface area (Å²) in [5, 5.41) is 8.22. The number of para-hydroxylation sites is 1.